The number of carbonyl (C=O) groups excluding carboxylic acids is 1. The summed E-state index contributed by atoms with van der Waals surface area (Å²) in [5.74, 6) is 1.37. The largest absolute Gasteiger partial charge is 0.490 e. The number of benzene rings is 1. The summed E-state index contributed by atoms with van der Waals surface area (Å²) in [5, 5.41) is 6.53. The standard InChI is InChI=1S/C21H33N3O6/c1-16(20(25)27-3)15-23-21(22-8-4-9-28-13-12-26-2)24-17-6-7-18-19(14-17)30-11-5-10-29-18/h6-7,14,16H,4-5,8-13,15H2,1-3H3,(H2,22,23,24). The fourth-order valence-electron chi connectivity index (χ4n) is 2.65. The number of esters is 1. The van der Waals surface area contributed by atoms with E-state index in [9.17, 15) is 4.79 Å². The highest BCUT2D eigenvalue weighted by atomic mass is 16.5. The van der Waals surface area contributed by atoms with Crippen LogP contribution in [-0.2, 0) is 19.0 Å². The number of nitrogens with one attached hydrogen (secondary N) is 2. The number of fused-ring (bicyclic) bond motifs is 1. The maximum absolute atomic E-state index is 11.7. The van der Waals surface area contributed by atoms with Gasteiger partial charge in [0, 0.05) is 38.4 Å². The van der Waals surface area contributed by atoms with Crippen LogP contribution in [-0.4, -0.2) is 72.3 Å². The molecule has 9 heteroatoms. The van der Waals surface area contributed by atoms with Gasteiger partial charge in [0.2, 0.25) is 0 Å². The third kappa shape index (κ3) is 8.46. The predicted octanol–water partition coefficient (Wildman–Crippen LogP) is 2.07. The van der Waals surface area contributed by atoms with Crippen LogP contribution in [0, 0.1) is 5.92 Å². The number of hydrogen-bond donors (Lipinski definition) is 2. The van der Waals surface area contributed by atoms with Crippen LogP contribution in [0.25, 0.3) is 0 Å². The molecule has 0 radical (unpaired) electrons. The minimum atomic E-state index is -0.338. The number of nitrogens with zero attached hydrogens (tertiary/aromatic N) is 1. The highest BCUT2D eigenvalue weighted by molar-refractivity contribution is 5.94. The Bertz CT molecular complexity index is 683. The number of aliphatic imine (C=N–C) groups is 1. The Morgan fingerprint density at radius 2 is 1.97 bits per heavy atom. The van der Waals surface area contributed by atoms with E-state index in [-0.39, 0.29) is 11.9 Å². The monoisotopic (exact) mass is 423 g/mol. The SMILES string of the molecule is COCCOCCCNC(=NCC(C)C(=O)OC)Nc1ccc2c(c1)OCCCO2. The summed E-state index contributed by atoms with van der Waals surface area (Å²) < 4.78 is 26.6. The van der Waals surface area contributed by atoms with Gasteiger partial charge in [-0.1, -0.05) is 6.92 Å². The van der Waals surface area contributed by atoms with Crippen molar-refractivity contribution < 1.29 is 28.5 Å². The van der Waals surface area contributed by atoms with Crippen molar-refractivity contribution in [1.82, 2.24) is 5.32 Å². The highest BCUT2D eigenvalue weighted by Gasteiger charge is 2.14. The van der Waals surface area contributed by atoms with Gasteiger partial charge in [0.05, 0.1) is 46.0 Å². The zero-order valence-electron chi connectivity index (χ0n) is 18.1. The molecule has 1 atom stereocenters. The summed E-state index contributed by atoms with van der Waals surface area (Å²) in [6.07, 6.45) is 1.65. The van der Waals surface area contributed by atoms with Gasteiger partial charge in [0.15, 0.2) is 17.5 Å². The number of ether oxygens (including phenoxy) is 5. The number of anilines is 1. The second kappa shape index (κ2) is 13.7. The first-order chi connectivity index (χ1) is 14.6. The van der Waals surface area contributed by atoms with Crippen molar-refractivity contribution in [3.05, 3.63) is 18.2 Å². The molecule has 1 aliphatic rings. The first-order valence-electron chi connectivity index (χ1n) is 10.2. The van der Waals surface area contributed by atoms with Gasteiger partial charge in [-0.25, -0.2) is 0 Å². The van der Waals surface area contributed by atoms with E-state index in [4.69, 9.17) is 23.7 Å². The molecular weight excluding hydrogens is 390 g/mol. The highest BCUT2D eigenvalue weighted by Crippen LogP contribution is 2.32. The fraction of sp³-hybridized carbons (Fsp3) is 0.619. The Labute approximate surface area is 178 Å². The molecule has 168 valence electrons. The van der Waals surface area contributed by atoms with Crippen LogP contribution in [0.2, 0.25) is 0 Å². The van der Waals surface area contributed by atoms with Gasteiger partial charge < -0.3 is 34.3 Å². The van der Waals surface area contributed by atoms with Crippen LogP contribution in [0.5, 0.6) is 11.5 Å². The minimum absolute atomic E-state index is 0.291. The van der Waals surface area contributed by atoms with E-state index in [0.29, 0.717) is 57.8 Å². The van der Waals surface area contributed by atoms with E-state index in [1.165, 1.54) is 7.11 Å². The van der Waals surface area contributed by atoms with Crippen molar-refractivity contribution >= 4 is 17.6 Å². The Morgan fingerprint density at radius 3 is 2.73 bits per heavy atom. The molecule has 1 aromatic carbocycles. The molecule has 1 heterocycles. The van der Waals surface area contributed by atoms with Crippen LogP contribution >= 0.6 is 0 Å². The molecule has 30 heavy (non-hydrogen) atoms. The molecule has 0 fully saturated rings. The van der Waals surface area contributed by atoms with Gasteiger partial charge in [-0.2, -0.15) is 0 Å². The molecular formula is C21H33N3O6. The molecule has 0 aliphatic carbocycles. The van der Waals surface area contributed by atoms with Crippen molar-refractivity contribution in [3.8, 4) is 11.5 Å². The van der Waals surface area contributed by atoms with Gasteiger partial charge in [-0.15, -0.1) is 0 Å². The number of guanidine groups is 1. The summed E-state index contributed by atoms with van der Waals surface area (Å²) in [5.41, 5.74) is 0.813. The summed E-state index contributed by atoms with van der Waals surface area (Å²) >= 11 is 0. The number of carbonyl (C=O) groups is 1. The first kappa shape index (κ1) is 23.8. The van der Waals surface area contributed by atoms with Crippen LogP contribution in [0.3, 0.4) is 0 Å². The second-order valence-corrected chi connectivity index (χ2v) is 6.84. The molecule has 0 saturated heterocycles. The molecule has 1 aromatic rings. The third-order valence-electron chi connectivity index (χ3n) is 4.33. The van der Waals surface area contributed by atoms with Crippen molar-refractivity contribution in [2.45, 2.75) is 19.8 Å². The second-order valence-electron chi connectivity index (χ2n) is 6.84. The van der Waals surface area contributed by atoms with Crippen LogP contribution < -0.4 is 20.1 Å². The summed E-state index contributed by atoms with van der Waals surface area (Å²) in [7, 11) is 3.02. The lowest BCUT2D eigenvalue weighted by molar-refractivity contribution is -0.144. The quantitative estimate of drug-likeness (QED) is 0.242. The van der Waals surface area contributed by atoms with E-state index in [2.05, 4.69) is 15.6 Å². The van der Waals surface area contributed by atoms with Crippen LogP contribution in [0.1, 0.15) is 19.8 Å². The normalized spacial score (nSPS) is 14.6. The zero-order chi connectivity index (χ0) is 21.6. The van der Waals surface area contributed by atoms with Gasteiger partial charge in [0.25, 0.3) is 0 Å². The Balaban J connectivity index is 1.96. The van der Waals surface area contributed by atoms with E-state index in [1.807, 2.05) is 18.2 Å². The molecule has 0 saturated carbocycles. The lowest BCUT2D eigenvalue weighted by Gasteiger charge is -2.15. The van der Waals surface area contributed by atoms with E-state index in [0.717, 1.165) is 24.3 Å². The Hall–Kier alpha value is -2.52. The maximum atomic E-state index is 11.7. The summed E-state index contributed by atoms with van der Waals surface area (Å²) in [6, 6.07) is 5.67. The maximum Gasteiger partial charge on any atom is 0.310 e. The van der Waals surface area contributed by atoms with Crippen LogP contribution in [0.4, 0.5) is 5.69 Å². The molecule has 0 amide bonds. The van der Waals surface area contributed by atoms with Crippen molar-refractivity contribution in [2.75, 3.05) is 65.7 Å². The van der Waals surface area contributed by atoms with E-state index in [1.54, 1.807) is 14.0 Å². The predicted molar refractivity (Wildman–Crippen MR) is 114 cm³/mol. The summed E-state index contributed by atoms with van der Waals surface area (Å²) in [6.45, 7) is 5.78. The van der Waals surface area contributed by atoms with Crippen molar-refractivity contribution in [2.24, 2.45) is 10.9 Å². The Morgan fingerprint density at radius 1 is 1.17 bits per heavy atom. The zero-order valence-corrected chi connectivity index (χ0v) is 18.1. The Kier molecular flexibility index (Phi) is 10.8. The topological polar surface area (TPSA) is 99.6 Å². The van der Waals surface area contributed by atoms with E-state index >= 15 is 0 Å². The smallest absolute Gasteiger partial charge is 0.310 e. The molecule has 0 spiro atoms. The lowest BCUT2D eigenvalue weighted by atomic mass is 10.2. The number of rotatable bonds is 11. The molecule has 2 N–H and O–H groups in total. The van der Waals surface area contributed by atoms with Crippen molar-refractivity contribution in [3.63, 3.8) is 0 Å². The minimum Gasteiger partial charge on any atom is -0.490 e. The number of hydrogen-bond acceptors (Lipinski definition) is 7. The van der Waals surface area contributed by atoms with Crippen molar-refractivity contribution in [1.29, 1.82) is 0 Å². The third-order valence-corrected chi connectivity index (χ3v) is 4.33. The van der Waals surface area contributed by atoms with Gasteiger partial charge in [-0.3, -0.25) is 9.79 Å². The molecule has 1 unspecified atom stereocenters. The first-order valence-corrected chi connectivity index (χ1v) is 10.2. The number of methoxy groups -OCH3 is 2. The average Bonchev–Trinajstić information content (AvgIpc) is 3.00. The average molecular weight is 424 g/mol. The van der Waals surface area contributed by atoms with Gasteiger partial charge in [-0.05, 0) is 18.6 Å². The fourth-order valence-corrected chi connectivity index (χ4v) is 2.65. The molecule has 0 aromatic heterocycles. The molecule has 2 rings (SSSR count). The van der Waals surface area contributed by atoms with Gasteiger partial charge in [0.1, 0.15) is 0 Å². The van der Waals surface area contributed by atoms with Crippen LogP contribution in [0.15, 0.2) is 23.2 Å². The van der Waals surface area contributed by atoms with Gasteiger partial charge >= 0.3 is 5.97 Å². The molecule has 1 aliphatic heterocycles. The lowest BCUT2D eigenvalue weighted by Crippen LogP contribution is -2.33. The molecule has 0 bridgehead atoms. The molecule has 9 nitrogen and oxygen atoms in total. The van der Waals surface area contributed by atoms with E-state index < -0.39 is 0 Å². The summed E-state index contributed by atoms with van der Waals surface area (Å²) in [4.78, 5) is 16.2.